The summed E-state index contributed by atoms with van der Waals surface area (Å²) in [4.78, 5) is 16.7. The van der Waals surface area contributed by atoms with Crippen LogP contribution < -0.4 is 14.8 Å². The number of furan rings is 1. The van der Waals surface area contributed by atoms with Gasteiger partial charge in [0.25, 0.3) is 5.91 Å². The van der Waals surface area contributed by atoms with E-state index >= 15 is 0 Å². The number of carbonyl (C=O) groups excluding carboxylic acids is 1. The molecule has 1 atom stereocenters. The van der Waals surface area contributed by atoms with Crippen molar-refractivity contribution in [2.24, 2.45) is 0 Å². The third-order valence-corrected chi connectivity index (χ3v) is 5.51. The minimum Gasteiger partial charge on any atom is -0.497 e. The molecule has 32 heavy (non-hydrogen) atoms. The van der Waals surface area contributed by atoms with Crippen molar-refractivity contribution in [2.75, 3.05) is 13.7 Å². The lowest BCUT2D eigenvalue weighted by Gasteiger charge is -2.13. The molecule has 0 saturated carbocycles. The van der Waals surface area contributed by atoms with E-state index in [1.54, 1.807) is 31.6 Å². The fourth-order valence-corrected chi connectivity index (χ4v) is 3.87. The highest BCUT2D eigenvalue weighted by atomic mass is 16.5. The molecule has 2 aromatic heterocycles. The number of methoxy groups -OCH3 is 1. The van der Waals surface area contributed by atoms with Crippen molar-refractivity contribution in [2.45, 2.75) is 12.5 Å². The molecule has 6 nitrogen and oxygen atoms in total. The highest BCUT2D eigenvalue weighted by Gasteiger charge is 2.26. The van der Waals surface area contributed by atoms with Crippen LogP contribution in [0.4, 0.5) is 0 Å². The van der Waals surface area contributed by atoms with Crippen molar-refractivity contribution in [1.29, 1.82) is 0 Å². The van der Waals surface area contributed by atoms with Crippen LogP contribution in [0.2, 0.25) is 0 Å². The van der Waals surface area contributed by atoms with Crippen molar-refractivity contribution in [3.05, 3.63) is 90.4 Å². The second-order valence-electron chi connectivity index (χ2n) is 7.58. The van der Waals surface area contributed by atoms with E-state index in [-0.39, 0.29) is 17.8 Å². The Labute approximate surface area is 185 Å². The van der Waals surface area contributed by atoms with Crippen molar-refractivity contribution in [3.63, 3.8) is 0 Å². The minimum absolute atomic E-state index is 0.132. The van der Waals surface area contributed by atoms with E-state index in [9.17, 15) is 4.79 Å². The summed E-state index contributed by atoms with van der Waals surface area (Å²) in [6.45, 7) is 0.391. The molecule has 0 bridgehead atoms. The summed E-state index contributed by atoms with van der Waals surface area (Å²) < 4.78 is 17.1. The molecule has 1 amide bonds. The molecule has 0 radical (unpaired) electrons. The Bertz CT molecular complexity index is 1230. The first-order chi connectivity index (χ1) is 15.7. The number of carbonyl (C=O) groups is 1. The van der Waals surface area contributed by atoms with Crippen LogP contribution in [0.15, 0.2) is 83.5 Å². The second kappa shape index (κ2) is 8.59. The highest BCUT2D eigenvalue weighted by molar-refractivity contribution is 5.92. The molecule has 0 spiro atoms. The van der Waals surface area contributed by atoms with Gasteiger partial charge in [0.1, 0.15) is 23.4 Å². The number of hydrogen-bond acceptors (Lipinski definition) is 5. The van der Waals surface area contributed by atoms with Gasteiger partial charge in [-0.25, -0.2) is 0 Å². The minimum atomic E-state index is -0.265. The lowest BCUT2D eigenvalue weighted by molar-refractivity contribution is 0.0907. The smallest absolute Gasteiger partial charge is 0.287 e. The summed E-state index contributed by atoms with van der Waals surface area (Å²) in [6, 6.07) is 21.0. The molecule has 2 aromatic carbocycles. The summed E-state index contributed by atoms with van der Waals surface area (Å²) in [5, 5.41) is 2.93. The molecular weight excluding hydrogens is 404 g/mol. The zero-order chi connectivity index (χ0) is 21.9. The largest absolute Gasteiger partial charge is 0.497 e. The number of amides is 1. The van der Waals surface area contributed by atoms with Crippen LogP contribution in [0.1, 0.15) is 16.1 Å². The quantitative estimate of drug-likeness (QED) is 0.482. The molecule has 6 heteroatoms. The van der Waals surface area contributed by atoms with Crippen LogP contribution in [0, 0.1) is 0 Å². The Morgan fingerprint density at radius 2 is 1.84 bits per heavy atom. The lowest BCUT2D eigenvalue weighted by Crippen LogP contribution is -2.34. The van der Waals surface area contributed by atoms with Crippen molar-refractivity contribution >= 4 is 5.91 Å². The van der Waals surface area contributed by atoms with E-state index in [1.165, 1.54) is 0 Å². The van der Waals surface area contributed by atoms with Gasteiger partial charge >= 0.3 is 0 Å². The van der Waals surface area contributed by atoms with Gasteiger partial charge in [-0.2, -0.15) is 0 Å². The third kappa shape index (κ3) is 3.95. The number of aromatic nitrogens is 1. The molecule has 160 valence electrons. The molecule has 0 aliphatic carbocycles. The normalized spacial score (nSPS) is 14.5. The first kappa shape index (κ1) is 19.9. The number of hydrogen-bond donors (Lipinski definition) is 1. The van der Waals surface area contributed by atoms with E-state index in [2.05, 4.69) is 16.4 Å². The van der Waals surface area contributed by atoms with Crippen LogP contribution >= 0.6 is 0 Å². The first-order valence-electron chi connectivity index (χ1n) is 10.4. The molecular formula is C26H22N2O4. The number of pyridine rings is 1. The Balaban J connectivity index is 1.23. The Kier molecular flexibility index (Phi) is 5.34. The van der Waals surface area contributed by atoms with Gasteiger partial charge in [-0.05, 0) is 59.7 Å². The monoisotopic (exact) mass is 426 g/mol. The van der Waals surface area contributed by atoms with Gasteiger partial charge in [-0.15, -0.1) is 0 Å². The zero-order valence-corrected chi connectivity index (χ0v) is 17.6. The fourth-order valence-electron chi connectivity index (χ4n) is 3.87. The Morgan fingerprint density at radius 3 is 2.62 bits per heavy atom. The molecule has 3 heterocycles. The molecule has 0 saturated heterocycles. The molecule has 1 N–H and O–H groups in total. The van der Waals surface area contributed by atoms with Gasteiger partial charge in [0.05, 0.1) is 13.7 Å². The van der Waals surface area contributed by atoms with Crippen LogP contribution in [0.5, 0.6) is 11.5 Å². The number of fused-ring (bicyclic) bond motifs is 1. The molecule has 4 aromatic rings. The summed E-state index contributed by atoms with van der Waals surface area (Å²) in [5.41, 5.74) is 4.11. The average molecular weight is 426 g/mol. The van der Waals surface area contributed by atoms with Gasteiger partial charge in [0, 0.05) is 29.9 Å². The predicted octanol–water partition coefficient (Wildman–Crippen LogP) is 4.75. The van der Waals surface area contributed by atoms with Crippen LogP contribution in [-0.2, 0) is 6.42 Å². The van der Waals surface area contributed by atoms with Gasteiger partial charge < -0.3 is 19.2 Å². The number of benzene rings is 2. The average Bonchev–Trinajstić information content (AvgIpc) is 3.50. The van der Waals surface area contributed by atoms with E-state index in [0.29, 0.717) is 12.3 Å². The highest BCUT2D eigenvalue weighted by Crippen LogP contribution is 2.38. The number of ether oxygens (including phenoxy) is 2. The van der Waals surface area contributed by atoms with E-state index < -0.39 is 0 Å². The van der Waals surface area contributed by atoms with Crippen molar-refractivity contribution in [1.82, 2.24) is 10.3 Å². The predicted molar refractivity (Wildman–Crippen MR) is 121 cm³/mol. The number of nitrogens with zero attached hydrogens (tertiary/aromatic N) is 1. The summed E-state index contributed by atoms with van der Waals surface area (Å²) in [6.07, 6.45) is 4.15. The SMILES string of the molecule is COc1ccc(-c2ccc(C(=O)NCC3Cc4cccc(-c5ccncc5)c4O3)o2)cc1. The van der Waals surface area contributed by atoms with Gasteiger partial charge in [-0.1, -0.05) is 18.2 Å². The van der Waals surface area contributed by atoms with Crippen molar-refractivity contribution in [3.8, 4) is 33.9 Å². The number of nitrogens with one attached hydrogen (secondary N) is 1. The Hall–Kier alpha value is -4.06. The van der Waals surface area contributed by atoms with Gasteiger partial charge in [-0.3, -0.25) is 9.78 Å². The lowest BCUT2D eigenvalue weighted by atomic mass is 10.0. The number of para-hydroxylation sites is 1. The maximum absolute atomic E-state index is 12.6. The zero-order valence-electron chi connectivity index (χ0n) is 17.6. The number of rotatable bonds is 6. The molecule has 1 unspecified atom stereocenters. The van der Waals surface area contributed by atoms with E-state index in [4.69, 9.17) is 13.9 Å². The van der Waals surface area contributed by atoms with E-state index in [1.807, 2.05) is 48.5 Å². The first-order valence-corrected chi connectivity index (χ1v) is 10.4. The van der Waals surface area contributed by atoms with Gasteiger partial charge in [0.2, 0.25) is 0 Å². The van der Waals surface area contributed by atoms with Crippen LogP contribution in [-0.4, -0.2) is 30.6 Å². The van der Waals surface area contributed by atoms with Crippen LogP contribution in [0.3, 0.4) is 0 Å². The maximum atomic E-state index is 12.6. The standard InChI is InChI=1S/C26H22N2O4/c1-30-20-7-5-18(6-8-20)23-9-10-24(32-23)26(29)28-16-21-15-19-3-2-4-22(25(19)31-21)17-11-13-27-14-12-17/h2-14,21H,15-16H2,1H3,(H,28,29). The third-order valence-electron chi connectivity index (χ3n) is 5.51. The van der Waals surface area contributed by atoms with E-state index in [0.717, 1.165) is 40.2 Å². The fraction of sp³-hybridized carbons (Fsp3) is 0.154. The van der Waals surface area contributed by atoms with Crippen LogP contribution in [0.25, 0.3) is 22.5 Å². The second-order valence-corrected chi connectivity index (χ2v) is 7.58. The molecule has 1 aliphatic heterocycles. The van der Waals surface area contributed by atoms with Gasteiger partial charge in [0.15, 0.2) is 5.76 Å². The summed E-state index contributed by atoms with van der Waals surface area (Å²) in [7, 11) is 1.62. The molecule has 5 rings (SSSR count). The topological polar surface area (TPSA) is 73.6 Å². The maximum Gasteiger partial charge on any atom is 0.287 e. The van der Waals surface area contributed by atoms with Crippen molar-refractivity contribution < 1.29 is 18.7 Å². The molecule has 1 aliphatic rings. The Morgan fingerprint density at radius 1 is 1.03 bits per heavy atom. The summed E-state index contributed by atoms with van der Waals surface area (Å²) >= 11 is 0. The molecule has 0 fully saturated rings. The summed E-state index contributed by atoms with van der Waals surface area (Å²) in [5.74, 6) is 2.27.